The van der Waals surface area contributed by atoms with Gasteiger partial charge in [0, 0.05) is 0 Å². The van der Waals surface area contributed by atoms with E-state index in [9.17, 15) is 0 Å². The highest BCUT2D eigenvalue weighted by Gasteiger charge is 2.29. The Kier molecular flexibility index (Phi) is 3.18. The van der Waals surface area contributed by atoms with Crippen LogP contribution in [0.3, 0.4) is 0 Å². The van der Waals surface area contributed by atoms with E-state index in [1.54, 1.807) is 5.57 Å². The SMILES string of the molecule is CC(C)(C)C1CCC(=Cc2ccccc2)C1. The van der Waals surface area contributed by atoms with Crippen molar-refractivity contribution >= 4 is 6.08 Å². The molecule has 0 radical (unpaired) electrons. The van der Waals surface area contributed by atoms with Crippen LogP contribution in [0.15, 0.2) is 35.9 Å². The van der Waals surface area contributed by atoms with Crippen molar-refractivity contribution in [3.8, 4) is 0 Å². The molecule has 0 aromatic heterocycles. The predicted octanol–water partition coefficient (Wildman–Crippen LogP) is 4.92. The van der Waals surface area contributed by atoms with Gasteiger partial charge < -0.3 is 0 Å². The molecule has 1 aliphatic rings. The molecule has 0 N–H and O–H groups in total. The summed E-state index contributed by atoms with van der Waals surface area (Å²) in [5.74, 6) is 0.863. The van der Waals surface area contributed by atoms with Crippen LogP contribution in [0.2, 0.25) is 0 Å². The van der Waals surface area contributed by atoms with Crippen molar-refractivity contribution in [2.45, 2.75) is 40.0 Å². The Balaban J connectivity index is 2.07. The Labute approximate surface area is 99.4 Å². The largest absolute Gasteiger partial charge is 0.0693 e. The molecule has 1 aliphatic carbocycles. The summed E-state index contributed by atoms with van der Waals surface area (Å²) in [5.41, 5.74) is 3.45. The molecule has 1 aromatic rings. The maximum atomic E-state index is 2.38. The van der Waals surface area contributed by atoms with Crippen molar-refractivity contribution in [1.82, 2.24) is 0 Å². The summed E-state index contributed by atoms with van der Waals surface area (Å²) in [6.07, 6.45) is 6.32. The lowest BCUT2D eigenvalue weighted by atomic mass is 9.79. The summed E-state index contributed by atoms with van der Waals surface area (Å²) in [6.45, 7) is 7.09. The molecular weight excluding hydrogens is 192 g/mol. The maximum Gasteiger partial charge on any atom is -0.0257 e. The number of benzene rings is 1. The van der Waals surface area contributed by atoms with Crippen LogP contribution < -0.4 is 0 Å². The average Bonchev–Trinajstić information content (AvgIpc) is 2.67. The summed E-state index contributed by atoms with van der Waals surface area (Å²) in [5, 5.41) is 0. The number of hydrogen-bond donors (Lipinski definition) is 0. The first-order chi connectivity index (χ1) is 7.55. The van der Waals surface area contributed by atoms with Gasteiger partial charge in [-0.1, -0.05) is 62.8 Å². The maximum absolute atomic E-state index is 2.38. The van der Waals surface area contributed by atoms with E-state index in [-0.39, 0.29) is 0 Å². The summed E-state index contributed by atoms with van der Waals surface area (Å²) < 4.78 is 0. The molecule has 0 amide bonds. The van der Waals surface area contributed by atoms with Gasteiger partial charge in [-0.25, -0.2) is 0 Å². The van der Waals surface area contributed by atoms with Gasteiger partial charge in [-0.2, -0.15) is 0 Å². The Hall–Kier alpha value is -1.04. The Morgan fingerprint density at radius 2 is 1.81 bits per heavy atom. The van der Waals surface area contributed by atoms with Gasteiger partial charge in [-0.15, -0.1) is 0 Å². The fraction of sp³-hybridized carbons (Fsp3) is 0.500. The molecule has 1 fully saturated rings. The van der Waals surface area contributed by atoms with E-state index in [1.165, 1.54) is 24.8 Å². The summed E-state index contributed by atoms with van der Waals surface area (Å²) in [4.78, 5) is 0. The van der Waals surface area contributed by atoms with Crippen LogP contribution in [0.4, 0.5) is 0 Å². The number of rotatable bonds is 1. The molecule has 2 rings (SSSR count). The Morgan fingerprint density at radius 3 is 2.38 bits per heavy atom. The molecule has 1 saturated carbocycles. The lowest BCUT2D eigenvalue weighted by Crippen LogP contribution is -2.16. The van der Waals surface area contributed by atoms with Crippen molar-refractivity contribution in [2.24, 2.45) is 11.3 Å². The zero-order valence-corrected chi connectivity index (χ0v) is 10.7. The second-order valence-corrected chi connectivity index (χ2v) is 6.02. The molecular formula is C16H22. The fourth-order valence-corrected chi connectivity index (χ4v) is 2.54. The molecule has 0 saturated heterocycles. The summed E-state index contributed by atoms with van der Waals surface area (Å²) in [6, 6.07) is 10.7. The van der Waals surface area contributed by atoms with E-state index in [2.05, 4.69) is 57.2 Å². The van der Waals surface area contributed by atoms with E-state index in [4.69, 9.17) is 0 Å². The van der Waals surface area contributed by atoms with Crippen LogP contribution in [-0.4, -0.2) is 0 Å². The number of hydrogen-bond acceptors (Lipinski definition) is 0. The molecule has 1 aromatic carbocycles. The van der Waals surface area contributed by atoms with Crippen molar-refractivity contribution < 1.29 is 0 Å². The van der Waals surface area contributed by atoms with Crippen LogP contribution in [0.1, 0.15) is 45.6 Å². The van der Waals surface area contributed by atoms with Gasteiger partial charge in [0.2, 0.25) is 0 Å². The lowest BCUT2D eigenvalue weighted by Gasteiger charge is -2.26. The molecule has 1 unspecified atom stereocenters. The standard InChI is InChI=1S/C16H22/c1-16(2,3)15-10-9-14(12-15)11-13-7-5-4-6-8-13/h4-8,11,15H,9-10,12H2,1-3H3. The van der Waals surface area contributed by atoms with Crippen LogP contribution >= 0.6 is 0 Å². The zero-order valence-electron chi connectivity index (χ0n) is 10.7. The normalized spacial score (nSPS) is 23.9. The van der Waals surface area contributed by atoms with Crippen LogP contribution in [0.25, 0.3) is 6.08 Å². The van der Waals surface area contributed by atoms with Gasteiger partial charge >= 0.3 is 0 Å². The monoisotopic (exact) mass is 214 g/mol. The van der Waals surface area contributed by atoms with Gasteiger partial charge in [0.25, 0.3) is 0 Å². The van der Waals surface area contributed by atoms with Gasteiger partial charge in [0.1, 0.15) is 0 Å². The molecule has 86 valence electrons. The Bertz CT molecular complexity index is 365. The van der Waals surface area contributed by atoms with Gasteiger partial charge in [0.15, 0.2) is 0 Å². The third-order valence-electron chi connectivity index (χ3n) is 3.72. The molecule has 1 atom stereocenters. The minimum atomic E-state index is 0.465. The van der Waals surface area contributed by atoms with E-state index < -0.39 is 0 Å². The van der Waals surface area contributed by atoms with Crippen molar-refractivity contribution in [2.75, 3.05) is 0 Å². The van der Waals surface area contributed by atoms with E-state index in [0.717, 1.165) is 5.92 Å². The van der Waals surface area contributed by atoms with Crippen molar-refractivity contribution in [3.63, 3.8) is 0 Å². The first-order valence-corrected chi connectivity index (χ1v) is 6.30. The van der Waals surface area contributed by atoms with Crippen molar-refractivity contribution in [3.05, 3.63) is 41.5 Å². The smallest absolute Gasteiger partial charge is 0.0257 e. The van der Waals surface area contributed by atoms with Gasteiger partial charge in [0.05, 0.1) is 0 Å². The van der Waals surface area contributed by atoms with Crippen molar-refractivity contribution in [1.29, 1.82) is 0 Å². The van der Waals surface area contributed by atoms with E-state index in [1.807, 2.05) is 0 Å². The van der Waals surface area contributed by atoms with Gasteiger partial charge in [-0.05, 0) is 36.2 Å². The topological polar surface area (TPSA) is 0 Å². The quantitative estimate of drug-likeness (QED) is 0.622. The molecule has 0 aliphatic heterocycles. The minimum Gasteiger partial charge on any atom is -0.0693 e. The molecule has 0 bridgehead atoms. The Morgan fingerprint density at radius 1 is 1.12 bits per heavy atom. The zero-order chi connectivity index (χ0) is 11.6. The molecule has 0 heterocycles. The van der Waals surface area contributed by atoms with E-state index >= 15 is 0 Å². The first kappa shape index (κ1) is 11.4. The highest BCUT2D eigenvalue weighted by atomic mass is 14.3. The first-order valence-electron chi connectivity index (χ1n) is 6.30. The van der Waals surface area contributed by atoms with Gasteiger partial charge in [-0.3, -0.25) is 0 Å². The average molecular weight is 214 g/mol. The third kappa shape index (κ3) is 2.75. The van der Waals surface area contributed by atoms with Crippen LogP contribution in [-0.2, 0) is 0 Å². The second-order valence-electron chi connectivity index (χ2n) is 6.02. The lowest BCUT2D eigenvalue weighted by molar-refractivity contribution is 0.250. The highest BCUT2D eigenvalue weighted by molar-refractivity contribution is 5.53. The molecule has 16 heavy (non-hydrogen) atoms. The fourth-order valence-electron chi connectivity index (χ4n) is 2.54. The molecule has 0 heteroatoms. The summed E-state index contributed by atoms with van der Waals surface area (Å²) >= 11 is 0. The third-order valence-corrected chi connectivity index (χ3v) is 3.72. The second kappa shape index (κ2) is 4.45. The molecule has 0 nitrogen and oxygen atoms in total. The summed E-state index contributed by atoms with van der Waals surface area (Å²) in [7, 11) is 0. The number of allylic oxidation sites excluding steroid dienone is 1. The highest BCUT2D eigenvalue weighted by Crippen LogP contribution is 2.42. The van der Waals surface area contributed by atoms with Crippen LogP contribution in [0.5, 0.6) is 0 Å². The van der Waals surface area contributed by atoms with E-state index in [0.29, 0.717) is 5.41 Å². The minimum absolute atomic E-state index is 0.465. The molecule has 0 spiro atoms. The predicted molar refractivity (Wildman–Crippen MR) is 71.2 cm³/mol. The van der Waals surface area contributed by atoms with Crippen LogP contribution in [0, 0.1) is 11.3 Å².